The van der Waals surface area contributed by atoms with Gasteiger partial charge in [0.1, 0.15) is 5.82 Å². The van der Waals surface area contributed by atoms with Crippen molar-refractivity contribution in [3.05, 3.63) is 71.8 Å². The normalized spacial score (nSPS) is 20.0. The number of amides is 2. The monoisotopic (exact) mass is 530 g/mol. The second kappa shape index (κ2) is 7.44. The average Bonchev–Trinajstić information content (AvgIpc) is 3.45. The van der Waals surface area contributed by atoms with Crippen molar-refractivity contribution in [1.29, 1.82) is 0 Å². The zero-order valence-corrected chi connectivity index (χ0v) is 19.0. The fraction of sp³-hybridized carbons (Fsp3) is 0.261. The van der Waals surface area contributed by atoms with Crippen molar-refractivity contribution in [2.45, 2.75) is 25.3 Å². The van der Waals surface area contributed by atoms with Crippen molar-refractivity contribution < 1.29 is 14.0 Å². The first-order valence-corrected chi connectivity index (χ1v) is 11.0. The lowest BCUT2D eigenvalue weighted by Crippen LogP contribution is -2.42. The molecule has 1 fully saturated rings. The summed E-state index contributed by atoms with van der Waals surface area (Å²) < 4.78 is 16.7. The molecule has 158 valence electrons. The van der Waals surface area contributed by atoms with E-state index in [1.165, 1.54) is 13.0 Å². The number of anilines is 1. The molecule has 2 aromatic carbocycles. The first kappa shape index (κ1) is 20.2. The van der Waals surface area contributed by atoms with Gasteiger partial charge in [-0.25, -0.2) is 7.29 Å². The van der Waals surface area contributed by atoms with Crippen LogP contribution in [0, 0.1) is 5.82 Å². The van der Waals surface area contributed by atoms with Gasteiger partial charge >= 0.3 is 0 Å². The molecule has 0 N–H and O–H groups in total. The van der Waals surface area contributed by atoms with Gasteiger partial charge in [-0.3, -0.25) is 9.59 Å². The Morgan fingerprint density at radius 2 is 2.03 bits per heavy atom. The molecule has 2 aliphatic rings. The second-order valence-corrected chi connectivity index (χ2v) is 9.09. The third-order valence-corrected chi connectivity index (χ3v) is 6.87. The minimum Gasteiger partial charge on any atom is -0.341 e. The van der Waals surface area contributed by atoms with Crippen LogP contribution in [0.15, 0.2) is 54.9 Å². The third kappa shape index (κ3) is 3.24. The van der Waals surface area contributed by atoms with E-state index in [1.54, 1.807) is 25.0 Å². The number of hydrogen-bond donors (Lipinski definition) is 0. The van der Waals surface area contributed by atoms with Crippen LogP contribution in [0.3, 0.4) is 0 Å². The highest BCUT2D eigenvalue weighted by Gasteiger charge is 2.54. The Bertz CT molecular complexity index is 1210. The largest absolute Gasteiger partial charge is 0.341 e. The second-order valence-electron chi connectivity index (χ2n) is 8.10. The molecule has 5 rings (SSSR count). The summed E-state index contributed by atoms with van der Waals surface area (Å²) in [4.78, 5) is 28.9. The highest BCUT2D eigenvalue weighted by molar-refractivity contribution is 14.1. The molecule has 0 radical (unpaired) electrons. The lowest BCUT2D eigenvalue weighted by atomic mass is 9.81. The first-order valence-electron chi connectivity index (χ1n) is 10.1. The molecular weight excluding hydrogens is 510 g/mol. The van der Waals surface area contributed by atoms with Gasteiger partial charge in [-0.05, 0) is 29.7 Å². The molecule has 3 heterocycles. The van der Waals surface area contributed by atoms with Crippen LogP contribution in [-0.2, 0) is 21.5 Å². The molecule has 2 aliphatic heterocycles. The number of halogens is 2. The molecule has 2 amide bonds. The summed E-state index contributed by atoms with van der Waals surface area (Å²) in [6.07, 6.45) is 4.09. The van der Waals surface area contributed by atoms with Crippen LogP contribution in [-0.4, -0.2) is 37.8 Å². The first-order chi connectivity index (χ1) is 14.9. The van der Waals surface area contributed by atoms with Gasteiger partial charge in [0.15, 0.2) is 0 Å². The highest BCUT2D eigenvalue weighted by Crippen LogP contribution is 2.47. The summed E-state index contributed by atoms with van der Waals surface area (Å²) in [7, 11) is 0. The SMILES string of the molecule is CC(=O)N1CCC2(C1)C(=O)N(Cc1ccc(-c3cnn(I)c3)cc1F)c1ccccc12. The van der Waals surface area contributed by atoms with Crippen molar-refractivity contribution in [2.75, 3.05) is 18.0 Å². The van der Waals surface area contributed by atoms with Crippen LogP contribution in [0.25, 0.3) is 11.1 Å². The maximum absolute atomic E-state index is 15.0. The van der Waals surface area contributed by atoms with Gasteiger partial charge in [-0.15, -0.1) is 0 Å². The fourth-order valence-electron chi connectivity index (χ4n) is 4.70. The number of rotatable bonds is 3. The predicted octanol–water partition coefficient (Wildman–Crippen LogP) is 3.92. The zero-order valence-electron chi connectivity index (χ0n) is 16.9. The van der Waals surface area contributed by atoms with E-state index in [4.69, 9.17) is 0 Å². The zero-order chi connectivity index (χ0) is 21.8. The Kier molecular flexibility index (Phi) is 4.84. The highest BCUT2D eigenvalue weighted by atomic mass is 127. The number of nitrogens with zero attached hydrogens (tertiary/aromatic N) is 4. The molecule has 1 atom stereocenters. The maximum atomic E-state index is 15.0. The molecule has 1 spiro atoms. The van der Waals surface area contributed by atoms with Crippen LogP contribution < -0.4 is 4.90 Å². The topological polar surface area (TPSA) is 58.4 Å². The van der Waals surface area contributed by atoms with Crippen molar-refractivity contribution >= 4 is 40.4 Å². The van der Waals surface area contributed by atoms with Crippen LogP contribution in [0.2, 0.25) is 0 Å². The predicted molar refractivity (Wildman–Crippen MR) is 123 cm³/mol. The van der Waals surface area contributed by atoms with E-state index in [0.717, 1.165) is 22.4 Å². The lowest BCUT2D eigenvalue weighted by Gasteiger charge is -2.24. The van der Waals surface area contributed by atoms with E-state index in [9.17, 15) is 9.59 Å². The summed E-state index contributed by atoms with van der Waals surface area (Å²) in [5.41, 5.74) is 3.00. The van der Waals surface area contributed by atoms with Crippen LogP contribution in [0.1, 0.15) is 24.5 Å². The van der Waals surface area contributed by atoms with Crippen molar-refractivity contribution in [3.63, 3.8) is 0 Å². The van der Waals surface area contributed by atoms with E-state index in [1.807, 2.05) is 59.4 Å². The van der Waals surface area contributed by atoms with Gasteiger partial charge in [0.2, 0.25) is 11.8 Å². The van der Waals surface area contributed by atoms with Crippen LogP contribution in [0.4, 0.5) is 10.1 Å². The number of fused-ring (bicyclic) bond motifs is 2. The molecule has 0 bridgehead atoms. The van der Waals surface area contributed by atoms with Gasteiger partial charge in [0.25, 0.3) is 0 Å². The van der Waals surface area contributed by atoms with Gasteiger partial charge in [-0.2, -0.15) is 5.10 Å². The molecule has 1 saturated heterocycles. The van der Waals surface area contributed by atoms with E-state index in [-0.39, 0.29) is 24.2 Å². The molecule has 0 aliphatic carbocycles. The van der Waals surface area contributed by atoms with Gasteiger partial charge < -0.3 is 9.80 Å². The van der Waals surface area contributed by atoms with Crippen molar-refractivity contribution in [1.82, 2.24) is 12.9 Å². The van der Waals surface area contributed by atoms with E-state index < -0.39 is 5.41 Å². The fourth-order valence-corrected chi connectivity index (χ4v) is 5.12. The van der Waals surface area contributed by atoms with E-state index in [2.05, 4.69) is 5.10 Å². The quantitative estimate of drug-likeness (QED) is 0.483. The molecule has 8 heteroatoms. The summed E-state index contributed by atoms with van der Waals surface area (Å²) in [6.45, 7) is 2.60. The Morgan fingerprint density at radius 1 is 1.23 bits per heavy atom. The maximum Gasteiger partial charge on any atom is 0.239 e. The summed E-state index contributed by atoms with van der Waals surface area (Å²) in [5.74, 6) is -0.453. The minimum absolute atomic E-state index is 0.0305. The molecule has 3 aromatic rings. The molecule has 6 nitrogen and oxygen atoms in total. The molecule has 0 saturated carbocycles. The number of para-hydroxylation sites is 1. The third-order valence-electron chi connectivity index (χ3n) is 6.35. The Hall–Kier alpha value is -2.75. The summed E-state index contributed by atoms with van der Waals surface area (Å²) >= 11 is 2.04. The smallest absolute Gasteiger partial charge is 0.239 e. The standard InChI is InChI=1S/C23H20FIN4O2/c1-15(30)27-9-8-23(14-27)19-4-2-3-5-21(19)28(22(23)31)12-17-7-6-16(10-20(17)24)18-11-26-29(25)13-18/h2-7,10-11,13H,8-9,12,14H2,1H3. The minimum atomic E-state index is -0.743. The van der Waals surface area contributed by atoms with Gasteiger partial charge in [0.05, 0.1) is 41.0 Å². The number of likely N-dealkylation sites (tertiary alicyclic amines) is 1. The Labute approximate surface area is 193 Å². The number of carbonyl (C=O) groups is 2. The van der Waals surface area contributed by atoms with Gasteiger partial charge in [0, 0.05) is 43.0 Å². The van der Waals surface area contributed by atoms with E-state index in [0.29, 0.717) is 25.1 Å². The van der Waals surface area contributed by atoms with Crippen LogP contribution >= 0.6 is 22.9 Å². The Morgan fingerprint density at radius 3 is 2.71 bits per heavy atom. The van der Waals surface area contributed by atoms with Crippen molar-refractivity contribution in [2.24, 2.45) is 0 Å². The number of aromatic nitrogens is 2. The molecule has 1 unspecified atom stereocenters. The number of carbonyl (C=O) groups excluding carboxylic acids is 2. The molecule has 1 aromatic heterocycles. The number of benzene rings is 2. The van der Waals surface area contributed by atoms with E-state index >= 15 is 4.39 Å². The average molecular weight is 530 g/mol. The summed E-state index contributed by atoms with van der Waals surface area (Å²) in [6, 6.07) is 12.7. The lowest BCUT2D eigenvalue weighted by molar-refractivity contribution is -0.128. The van der Waals surface area contributed by atoms with Gasteiger partial charge in [-0.1, -0.05) is 30.3 Å². The summed E-state index contributed by atoms with van der Waals surface area (Å²) in [5, 5.41) is 4.12. The Balaban J connectivity index is 1.47. The van der Waals surface area contributed by atoms with Crippen LogP contribution in [0.5, 0.6) is 0 Å². The number of hydrogen-bond acceptors (Lipinski definition) is 3. The molecule has 31 heavy (non-hydrogen) atoms. The van der Waals surface area contributed by atoms with Crippen molar-refractivity contribution in [3.8, 4) is 11.1 Å². The molecular formula is C23H20FIN4O2.